The molecule has 0 bridgehead atoms. The second-order valence-corrected chi connectivity index (χ2v) is 11.7. The number of amides is 4. The van der Waals surface area contributed by atoms with Gasteiger partial charge in [-0.1, -0.05) is 99.6 Å². The fraction of sp³-hybridized carbons (Fsp3) is 0.405. The Morgan fingerprint density at radius 3 is 1.93 bits per heavy atom. The van der Waals surface area contributed by atoms with Gasteiger partial charge < -0.3 is 26.6 Å². The SMILES string of the molecule is CC.CC[C@H](N)C(=O)NC1C(=O)N2C(CCC1CNC(=O)c1ccccc1)CCC2C(=O)NC(c1ccccc1)c1ccccc1. The molecule has 2 fully saturated rings. The maximum absolute atomic E-state index is 14.3. The Kier molecular flexibility index (Phi) is 12.5. The molecule has 3 aromatic carbocycles. The number of hydrogen-bond acceptors (Lipinski definition) is 5. The molecule has 4 amide bonds. The minimum absolute atomic E-state index is 0.140. The van der Waals surface area contributed by atoms with Crippen LogP contribution in [0.15, 0.2) is 91.0 Å². The summed E-state index contributed by atoms with van der Waals surface area (Å²) in [5, 5.41) is 9.07. The first-order valence-corrected chi connectivity index (χ1v) is 16.5. The van der Waals surface area contributed by atoms with Crippen LogP contribution in [0, 0.1) is 5.92 Å². The minimum Gasteiger partial charge on any atom is -0.352 e. The van der Waals surface area contributed by atoms with Gasteiger partial charge in [0, 0.05) is 24.1 Å². The zero-order valence-corrected chi connectivity index (χ0v) is 27.0. The maximum atomic E-state index is 14.3. The summed E-state index contributed by atoms with van der Waals surface area (Å²) in [4.78, 5) is 55.8. The standard InChI is InChI=1S/C35H41N5O4.C2H6/c1-2-28(36)33(42)39-31-26(22-37-32(41)25-16-10-5-11-17-25)18-19-27-20-21-29(40(27)35(31)44)34(43)38-30(23-12-6-3-7-13-23)24-14-8-4-9-15-24;1-2/h3-17,26-31H,2,18-22,36H2,1H3,(H,37,41)(H,38,43)(H,39,42);1-2H3/t26?,27?,28-,29?,31?;/m0./s1. The predicted octanol–water partition coefficient (Wildman–Crippen LogP) is 4.34. The lowest BCUT2D eigenvalue weighted by Crippen LogP contribution is -2.59. The first-order chi connectivity index (χ1) is 22.4. The maximum Gasteiger partial charge on any atom is 0.251 e. The highest BCUT2D eigenvalue weighted by atomic mass is 16.2. The van der Waals surface area contributed by atoms with Gasteiger partial charge in [0.2, 0.25) is 17.7 Å². The third-order valence-electron chi connectivity index (χ3n) is 8.86. The third kappa shape index (κ3) is 8.20. The average Bonchev–Trinajstić information content (AvgIpc) is 3.50. The average molecular weight is 626 g/mol. The van der Waals surface area contributed by atoms with Crippen molar-refractivity contribution in [2.75, 3.05) is 6.54 Å². The lowest BCUT2D eigenvalue weighted by molar-refractivity contribution is -0.143. The molecule has 0 radical (unpaired) electrons. The van der Waals surface area contributed by atoms with E-state index in [1.807, 2.05) is 87.5 Å². The van der Waals surface area contributed by atoms with Crippen molar-refractivity contribution in [2.45, 2.75) is 83.1 Å². The van der Waals surface area contributed by atoms with Gasteiger partial charge in [0.15, 0.2) is 0 Å². The first-order valence-electron chi connectivity index (χ1n) is 16.5. The van der Waals surface area contributed by atoms with E-state index in [0.717, 1.165) is 11.1 Å². The van der Waals surface area contributed by atoms with Gasteiger partial charge in [-0.3, -0.25) is 19.2 Å². The van der Waals surface area contributed by atoms with E-state index in [4.69, 9.17) is 5.73 Å². The van der Waals surface area contributed by atoms with E-state index >= 15 is 0 Å². The molecule has 2 aliphatic rings. The summed E-state index contributed by atoms with van der Waals surface area (Å²) < 4.78 is 0. The molecule has 9 heteroatoms. The molecular formula is C37H47N5O4. The van der Waals surface area contributed by atoms with Crippen LogP contribution in [0.5, 0.6) is 0 Å². The van der Waals surface area contributed by atoms with Crippen molar-refractivity contribution < 1.29 is 19.2 Å². The van der Waals surface area contributed by atoms with Gasteiger partial charge in [0.05, 0.1) is 12.1 Å². The third-order valence-corrected chi connectivity index (χ3v) is 8.86. The zero-order chi connectivity index (χ0) is 33.1. The Morgan fingerprint density at radius 1 is 0.826 bits per heavy atom. The van der Waals surface area contributed by atoms with Crippen molar-refractivity contribution in [1.29, 1.82) is 0 Å². The number of nitrogens with one attached hydrogen (secondary N) is 3. The number of rotatable bonds is 10. The van der Waals surface area contributed by atoms with Crippen LogP contribution in [0.1, 0.15) is 80.4 Å². The smallest absolute Gasteiger partial charge is 0.251 e. The van der Waals surface area contributed by atoms with Gasteiger partial charge in [0.25, 0.3) is 5.91 Å². The molecule has 0 saturated carbocycles. The summed E-state index contributed by atoms with van der Waals surface area (Å²) in [7, 11) is 0. The van der Waals surface area contributed by atoms with E-state index in [9.17, 15) is 19.2 Å². The number of carbonyl (C=O) groups is 4. The highest BCUT2D eigenvalue weighted by Crippen LogP contribution is 2.35. The summed E-state index contributed by atoms with van der Waals surface area (Å²) in [6, 6.07) is 25.5. The second-order valence-electron chi connectivity index (χ2n) is 11.7. The summed E-state index contributed by atoms with van der Waals surface area (Å²) in [5.41, 5.74) is 8.44. The van der Waals surface area contributed by atoms with Crippen LogP contribution in [0.4, 0.5) is 0 Å². The quantitative estimate of drug-likeness (QED) is 0.266. The van der Waals surface area contributed by atoms with Crippen molar-refractivity contribution in [3.8, 4) is 0 Å². The van der Waals surface area contributed by atoms with Crippen LogP contribution in [-0.2, 0) is 14.4 Å². The molecule has 5 rings (SSSR count). The Labute approximate surface area is 272 Å². The van der Waals surface area contributed by atoms with E-state index in [0.29, 0.717) is 37.7 Å². The zero-order valence-electron chi connectivity index (χ0n) is 27.0. The van der Waals surface area contributed by atoms with E-state index < -0.39 is 24.0 Å². The minimum atomic E-state index is -0.923. The van der Waals surface area contributed by atoms with Crippen LogP contribution >= 0.6 is 0 Å². The van der Waals surface area contributed by atoms with Crippen molar-refractivity contribution >= 4 is 23.6 Å². The van der Waals surface area contributed by atoms with E-state index in [-0.39, 0.29) is 42.3 Å². The Balaban J connectivity index is 0.00000235. The first kappa shape index (κ1) is 34.4. The lowest BCUT2D eigenvalue weighted by atomic mass is 9.92. The van der Waals surface area contributed by atoms with Crippen LogP contribution < -0.4 is 21.7 Å². The Bertz CT molecular complexity index is 1400. The molecule has 0 spiro atoms. The summed E-state index contributed by atoms with van der Waals surface area (Å²) in [5.74, 6) is -1.57. The highest BCUT2D eigenvalue weighted by molar-refractivity contribution is 5.95. The van der Waals surface area contributed by atoms with Crippen LogP contribution in [-0.4, -0.2) is 59.2 Å². The fourth-order valence-electron chi connectivity index (χ4n) is 6.34. The van der Waals surface area contributed by atoms with Crippen molar-refractivity contribution in [2.24, 2.45) is 11.7 Å². The topological polar surface area (TPSA) is 134 Å². The Morgan fingerprint density at radius 2 is 1.37 bits per heavy atom. The fourth-order valence-corrected chi connectivity index (χ4v) is 6.34. The molecule has 244 valence electrons. The molecule has 0 aliphatic carbocycles. The molecule has 5 N–H and O–H groups in total. The molecule has 2 heterocycles. The molecule has 46 heavy (non-hydrogen) atoms. The number of carbonyl (C=O) groups excluding carboxylic acids is 4. The lowest BCUT2D eigenvalue weighted by Gasteiger charge is -2.33. The number of nitrogens with two attached hydrogens (primary N) is 1. The van der Waals surface area contributed by atoms with E-state index in [1.165, 1.54) is 0 Å². The predicted molar refractivity (Wildman–Crippen MR) is 180 cm³/mol. The highest BCUT2D eigenvalue weighted by Gasteiger charge is 2.48. The molecule has 2 saturated heterocycles. The molecule has 4 unspecified atom stereocenters. The number of hydrogen-bond donors (Lipinski definition) is 4. The van der Waals surface area contributed by atoms with Crippen LogP contribution in [0.2, 0.25) is 0 Å². The largest absolute Gasteiger partial charge is 0.352 e. The molecule has 3 aromatic rings. The second kappa shape index (κ2) is 16.7. The molecule has 0 aromatic heterocycles. The molecular weight excluding hydrogens is 578 g/mol. The van der Waals surface area contributed by atoms with Crippen molar-refractivity contribution in [3.05, 3.63) is 108 Å². The van der Waals surface area contributed by atoms with E-state index in [1.54, 1.807) is 29.2 Å². The number of benzene rings is 3. The van der Waals surface area contributed by atoms with Gasteiger partial charge in [-0.15, -0.1) is 0 Å². The number of nitrogens with zero attached hydrogens (tertiary/aromatic N) is 1. The van der Waals surface area contributed by atoms with Gasteiger partial charge in [-0.25, -0.2) is 0 Å². The molecule has 9 nitrogen and oxygen atoms in total. The van der Waals surface area contributed by atoms with E-state index in [2.05, 4.69) is 16.0 Å². The summed E-state index contributed by atoms with van der Waals surface area (Å²) in [6.45, 7) is 6.01. The Hall–Kier alpha value is -4.50. The molecule has 2 aliphatic heterocycles. The summed E-state index contributed by atoms with van der Waals surface area (Å²) >= 11 is 0. The number of fused-ring (bicyclic) bond motifs is 1. The molecule has 5 atom stereocenters. The van der Waals surface area contributed by atoms with Crippen molar-refractivity contribution in [3.63, 3.8) is 0 Å². The summed E-state index contributed by atoms with van der Waals surface area (Å²) in [6.07, 6.45) is 2.89. The van der Waals surface area contributed by atoms with Gasteiger partial charge in [0.1, 0.15) is 12.1 Å². The van der Waals surface area contributed by atoms with Crippen LogP contribution in [0.3, 0.4) is 0 Å². The van der Waals surface area contributed by atoms with Crippen LogP contribution in [0.25, 0.3) is 0 Å². The van der Waals surface area contributed by atoms with Gasteiger partial charge in [-0.05, 0) is 55.4 Å². The van der Waals surface area contributed by atoms with Gasteiger partial charge in [-0.2, -0.15) is 0 Å². The normalized spacial score (nSPS) is 21.2. The van der Waals surface area contributed by atoms with Crippen molar-refractivity contribution in [1.82, 2.24) is 20.9 Å². The van der Waals surface area contributed by atoms with Gasteiger partial charge >= 0.3 is 0 Å². The monoisotopic (exact) mass is 625 g/mol.